The number of morpholine rings is 1. The zero-order valence-electron chi connectivity index (χ0n) is 17.1. The maximum absolute atomic E-state index is 5.47. The molecule has 7 heteroatoms. The topological polar surface area (TPSA) is 75.2 Å². The first kappa shape index (κ1) is 19.1. The normalized spacial score (nSPS) is 14.0. The van der Waals surface area contributed by atoms with Gasteiger partial charge in [-0.3, -0.25) is 0 Å². The van der Waals surface area contributed by atoms with Crippen LogP contribution >= 0.6 is 0 Å². The average Bonchev–Trinajstić information content (AvgIpc) is 2.73. The second kappa shape index (κ2) is 8.45. The highest BCUT2D eigenvalue weighted by Gasteiger charge is 2.17. The van der Waals surface area contributed by atoms with Gasteiger partial charge >= 0.3 is 0 Å². The molecule has 0 unspecified atom stereocenters. The van der Waals surface area contributed by atoms with Gasteiger partial charge < -0.3 is 20.3 Å². The van der Waals surface area contributed by atoms with Gasteiger partial charge in [-0.25, -0.2) is 0 Å². The van der Waals surface area contributed by atoms with Crippen molar-refractivity contribution in [1.82, 2.24) is 15.0 Å². The van der Waals surface area contributed by atoms with Crippen molar-refractivity contribution < 1.29 is 4.74 Å². The van der Waals surface area contributed by atoms with E-state index < -0.39 is 0 Å². The first-order valence-electron chi connectivity index (χ1n) is 9.84. The van der Waals surface area contributed by atoms with Crippen molar-refractivity contribution in [2.45, 2.75) is 20.8 Å². The molecule has 0 saturated carbocycles. The molecule has 1 fully saturated rings. The zero-order valence-corrected chi connectivity index (χ0v) is 17.1. The molecule has 0 radical (unpaired) electrons. The second-order valence-electron chi connectivity index (χ2n) is 7.27. The minimum absolute atomic E-state index is 0.517. The van der Waals surface area contributed by atoms with Crippen molar-refractivity contribution in [2.75, 3.05) is 41.8 Å². The fraction of sp³-hybridized carbons (Fsp3) is 0.318. The number of anilines is 5. The van der Waals surface area contributed by atoms with Crippen LogP contribution in [-0.2, 0) is 4.74 Å². The zero-order chi connectivity index (χ0) is 20.2. The van der Waals surface area contributed by atoms with Crippen LogP contribution in [0.5, 0.6) is 0 Å². The summed E-state index contributed by atoms with van der Waals surface area (Å²) in [5, 5.41) is 6.72. The molecule has 1 aliphatic rings. The molecular formula is C22H26N6O. The molecule has 4 rings (SSSR count). The molecule has 1 saturated heterocycles. The van der Waals surface area contributed by atoms with E-state index in [1.54, 1.807) is 0 Å². The fourth-order valence-corrected chi connectivity index (χ4v) is 3.21. The molecule has 0 bridgehead atoms. The highest BCUT2D eigenvalue weighted by Crippen LogP contribution is 2.24. The maximum Gasteiger partial charge on any atom is 0.233 e. The van der Waals surface area contributed by atoms with Gasteiger partial charge in [0.1, 0.15) is 0 Å². The molecule has 7 nitrogen and oxygen atoms in total. The van der Waals surface area contributed by atoms with E-state index in [0.29, 0.717) is 31.1 Å². The van der Waals surface area contributed by atoms with Crippen molar-refractivity contribution in [3.8, 4) is 0 Å². The Labute approximate surface area is 171 Å². The third kappa shape index (κ3) is 4.63. The Hall–Kier alpha value is -3.19. The molecular weight excluding hydrogens is 364 g/mol. The minimum Gasteiger partial charge on any atom is -0.378 e. The van der Waals surface area contributed by atoms with E-state index in [2.05, 4.69) is 75.5 Å². The molecule has 1 aliphatic heterocycles. The summed E-state index contributed by atoms with van der Waals surface area (Å²) in [5.74, 6) is 1.68. The van der Waals surface area contributed by atoms with Gasteiger partial charge in [0.15, 0.2) is 0 Å². The lowest BCUT2D eigenvalue weighted by molar-refractivity contribution is 0.122. The lowest BCUT2D eigenvalue weighted by Crippen LogP contribution is -2.37. The summed E-state index contributed by atoms with van der Waals surface area (Å²) < 4.78 is 5.47. The highest BCUT2D eigenvalue weighted by molar-refractivity contribution is 5.63. The lowest BCUT2D eigenvalue weighted by Gasteiger charge is -2.27. The number of hydrogen-bond donors (Lipinski definition) is 2. The molecule has 2 heterocycles. The Kier molecular flexibility index (Phi) is 5.57. The molecule has 2 aromatic carbocycles. The number of benzene rings is 2. The van der Waals surface area contributed by atoms with Crippen LogP contribution in [0.25, 0.3) is 0 Å². The molecule has 2 N–H and O–H groups in total. The number of para-hydroxylation sites is 1. The van der Waals surface area contributed by atoms with Crippen LogP contribution in [0, 0.1) is 20.8 Å². The van der Waals surface area contributed by atoms with Crippen LogP contribution in [-0.4, -0.2) is 41.3 Å². The van der Waals surface area contributed by atoms with Gasteiger partial charge in [0, 0.05) is 24.5 Å². The largest absolute Gasteiger partial charge is 0.378 e. The summed E-state index contributed by atoms with van der Waals surface area (Å²) in [6, 6.07) is 14.4. The molecule has 150 valence electrons. The van der Waals surface area contributed by atoms with Crippen molar-refractivity contribution in [3.63, 3.8) is 0 Å². The van der Waals surface area contributed by atoms with E-state index in [-0.39, 0.29) is 0 Å². The number of rotatable bonds is 5. The second-order valence-corrected chi connectivity index (χ2v) is 7.27. The van der Waals surface area contributed by atoms with Crippen molar-refractivity contribution >= 4 is 29.2 Å². The van der Waals surface area contributed by atoms with Gasteiger partial charge in [0.2, 0.25) is 17.8 Å². The molecule has 1 aromatic heterocycles. The quantitative estimate of drug-likeness (QED) is 0.679. The van der Waals surface area contributed by atoms with Gasteiger partial charge in [0.25, 0.3) is 0 Å². The van der Waals surface area contributed by atoms with Crippen molar-refractivity contribution in [1.29, 1.82) is 0 Å². The SMILES string of the molecule is Cc1ccc(C)c(Nc2nc(Nc3ccccc3C)nc(N3CCOCC3)n2)c1. The van der Waals surface area contributed by atoms with Crippen LogP contribution in [0.15, 0.2) is 42.5 Å². The highest BCUT2D eigenvalue weighted by atomic mass is 16.5. The number of nitrogens with zero attached hydrogens (tertiary/aromatic N) is 4. The summed E-state index contributed by atoms with van der Waals surface area (Å²) in [4.78, 5) is 16.1. The minimum atomic E-state index is 0.517. The lowest BCUT2D eigenvalue weighted by atomic mass is 10.1. The van der Waals surface area contributed by atoms with Crippen molar-refractivity contribution in [2.24, 2.45) is 0 Å². The van der Waals surface area contributed by atoms with Crippen LogP contribution in [0.1, 0.15) is 16.7 Å². The number of ether oxygens (including phenoxy) is 1. The first-order valence-corrected chi connectivity index (χ1v) is 9.84. The van der Waals surface area contributed by atoms with Crippen LogP contribution in [0.3, 0.4) is 0 Å². The van der Waals surface area contributed by atoms with E-state index in [1.165, 1.54) is 5.56 Å². The summed E-state index contributed by atoms with van der Waals surface area (Å²) in [6.07, 6.45) is 0. The number of aryl methyl sites for hydroxylation is 3. The third-order valence-electron chi connectivity index (χ3n) is 4.95. The van der Waals surface area contributed by atoms with Gasteiger partial charge in [-0.05, 0) is 49.6 Å². The summed E-state index contributed by atoms with van der Waals surface area (Å²) in [6.45, 7) is 9.06. The maximum atomic E-state index is 5.47. The summed E-state index contributed by atoms with van der Waals surface area (Å²) in [7, 11) is 0. The van der Waals surface area contributed by atoms with E-state index in [9.17, 15) is 0 Å². The molecule has 29 heavy (non-hydrogen) atoms. The Balaban J connectivity index is 1.69. The third-order valence-corrected chi connectivity index (χ3v) is 4.95. The number of nitrogens with one attached hydrogen (secondary N) is 2. The smallest absolute Gasteiger partial charge is 0.233 e. The van der Waals surface area contributed by atoms with E-state index in [1.807, 2.05) is 18.2 Å². The first-order chi connectivity index (χ1) is 14.1. The predicted octanol–water partition coefficient (Wildman–Crippen LogP) is 4.12. The van der Waals surface area contributed by atoms with Gasteiger partial charge in [-0.2, -0.15) is 15.0 Å². The molecule has 0 aliphatic carbocycles. The van der Waals surface area contributed by atoms with Crippen LogP contribution in [0.2, 0.25) is 0 Å². The van der Waals surface area contributed by atoms with E-state index in [0.717, 1.165) is 35.6 Å². The molecule has 0 amide bonds. The Morgan fingerprint density at radius 1 is 0.793 bits per heavy atom. The van der Waals surface area contributed by atoms with Gasteiger partial charge in [-0.1, -0.05) is 30.3 Å². The molecule has 0 spiro atoms. The molecule has 3 aromatic rings. The molecule has 0 atom stereocenters. The van der Waals surface area contributed by atoms with E-state index in [4.69, 9.17) is 4.74 Å². The standard InChI is InChI=1S/C22H26N6O/c1-15-8-9-17(3)19(14-15)24-21-25-20(23-18-7-5-4-6-16(18)2)26-22(27-21)28-10-12-29-13-11-28/h4-9,14H,10-13H2,1-3H3,(H2,23,24,25,26,27). The monoisotopic (exact) mass is 390 g/mol. The Morgan fingerprint density at radius 3 is 2.17 bits per heavy atom. The van der Waals surface area contributed by atoms with Gasteiger partial charge in [-0.15, -0.1) is 0 Å². The van der Waals surface area contributed by atoms with Crippen molar-refractivity contribution in [3.05, 3.63) is 59.2 Å². The summed E-state index contributed by atoms with van der Waals surface area (Å²) >= 11 is 0. The number of hydrogen-bond acceptors (Lipinski definition) is 7. The fourth-order valence-electron chi connectivity index (χ4n) is 3.21. The summed E-state index contributed by atoms with van der Waals surface area (Å²) in [5.41, 5.74) is 5.41. The van der Waals surface area contributed by atoms with Crippen LogP contribution in [0.4, 0.5) is 29.2 Å². The van der Waals surface area contributed by atoms with Gasteiger partial charge in [0.05, 0.1) is 13.2 Å². The Morgan fingerprint density at radius 2 is 1.45 bits per heavy atom. The number of aromatic nitrogens is 3. The predicted molar refractivity (Wildman–Crippen MR) is 117 cm³/mol. The Bertz CT molecular complexity index is 1000. The van der Waals surface area contributed by atoms with E-state index >= 15 is 0 Å². The average molecular weight is 390 g/mol. The van der Waals surface area contributed by atoms with Crippen LogP contribution < -0.4 is 15.5 Å².